The summed E-state index contributed by atoms with van der Waals surface area (Å²) in [5.74, 6) is 1.64. The maximum atomic E-state index is 13.1. The van der Waals surface area contributed by atoms with Crippen LogP contribution >= 0.6 is 0 Å². The molecule has 0 radical (unpaired) electrons. The molecule has 2 aromatic rings. The van der Waals surface area contributed by atoms with Crippen molar-refractivity contribution in [2.45, 2.75) is 55.9 Å². The summed E-state index contributed by atoms with van der Waals surface area (Å²) in [5, 5.41) is 0. The SMILES string of the molecule is O=C(CCc1ccc(S(=O)(=O)N2CCCCC2)cc1)N1CCC[C@@H]1c1ccc2c(c1)OCCO2. The van der Waals surface area contributed by atoms with E-state index in [0.717, 1.165) is 61.3 Å². The van der Waals surface area contributed by atoms with E-state index in [1.165, 1.54) is 0 Å². The fourth-order valence-corrected chi connectivity index (χ4v) is 6.67. The van der Waals surface area contributed by atoms with Crippen LogP contribution in [-0.4, -0.2) is 56.4 Å². The normalized spacial score (nSPS) is 20.9. The molecule has 0 aromatic heterocycles. The van der Waals surface area contributed by atoms with Gasteiger partial charge in [-0.05, 0) is 67.5 Å². The van der Waals surface area contributed by atoms with Crippen LogP contribution in [0.1, 0.15) is 55.7 Å². The number of nitrogens with zero attached hydrogens (tertiary/aromatic N) is 2. The lowest BCUT2D eigenvalue weighted by atomic mass is 10.0. The molecule has 2 aromatic carbocycles. The van der Waals surface area contributed by atoms with Crippen LogP contribution in [0.2, 0.25) is 0 Å². The van der Waals surface area contributed by atoms with Crippen molar-refractivity contribution in [3.05, 3.63) is 53.6 Å². The summed E-state index contributed by atoms with van der Waals surface area (Å²) in [5.41, 5.74) is 2.06. The van der Waals surface area contributed by atoms with Crippen LogP contribution in [0.4, 0.5) is 0 Å². The van der Waals surface area contributed by atoms with Gasteiger partial charge in [0.1, 0.15) is 13.2 Å². The Labute approximate surface area is 201 Å². The summed E-state index contributed by atoms with van der Waals surface area (Å²) in [6.45, 7) is 3.05. The van der Waals surface area contributed by atoms with Crippen LogP contribution < -0.4 is 9.47 Å². The van der Waals surface area contributed by atoms with Gasteiger partial charge in [-0.15, -0.1) is 0 Å². The van der Waals surface area contributed by atoms with Crippen molar-refractivity contribution in [3.63, 3.8) is 0 Å². The van der Waals surface area contributed by atoms with E-state index in [1.807, 2.05) is 35.2 Å². The number of rotatable bonds is 6. The number of fused-ring (bicyclic) bond motifs is 1. The minimum atomic E-state index is -3.43. The molecule has 7 nitrogen and oxygen atoms in total. The van der Waals surface area contributed by atoms with E-state index >= 15 is 0 Å². The smallest absolute Gasteiger partial charge is 0.243 e. The van der Waals surface area contributed by atoms with Gasteiger partial charge in [0.25, 0.3) is 0 Å². The molecular formula is C26H32N2O5S. The molecular weight excluding hydrogens is 452 g/mol. The second-order valence-electron chi connectivity index (χ2n) is 9.26. The second-order valence-corrected chi connectivity index (χ2v) is 11.2. The fraction of sp³-hybridized carbons (Fsp3) is 0.500. The second kappa shape index (κ2) is 9.96. The van der Waals surface area contributed by atoms with Crippen molar-refractivity contribution in [1.82, 2.24) is 9.21 Å². The van der Waals surface area contributed by atoms with Crippen molar-refractivity contribution in [1.29, 1.82) is 0 Å². The summed E-state index contributed by atoms with van der Waals surface area (Å²) in [6.07, 6.45) is 5.84. The Hall–Kier alpha value is -2.58. The van der Waals surface area contributed by atoms with E-state index in [-0.39, 0.29) is 11.9 Å². The zero-order valence-corrected chi connectivity index (χ0v) is 20.3. The number of carbonyl (C=O) groups excluding carboxylic acids is 1. The van der Waals surface area contributed by atoms with Crippen LogP contribution in [0.5, 0.6) is 11.5 Å². The van der Waals surface area contributed by atoms with E-state index in [0.29, 0.717) is 44.0 Å². The van der Waals surface area contributed by atoms with Crippen LogP contribution in [0, 0.1) is 0 Å². The van der Waals surface area contributed by atoms with Crippen LogP contribution in [0.25, 0.3) is 0 Å². The van der Waals surface area contributed by atoms with E-state index in [9.17, 15) is 13.2 Å². The topological polar surface area (TPSA) is 76.2 Å². The summed E-state index contributed by atoms with van der Waals surface area (Å²) in [7, 11) is -3.43. The van der Waals surface area contributed by atoms with Gasteiger partial charge in [-0.25, -0.2) is 8.42 Å². The Morgan fingerprint density at radius 3 is 2.38 bits per heavy atom. The number of benzene rings is 2. The van der Waals surface area contributed by atoms with Gasteiger partial charge in [0.2, 0.25) is 15.9 Å². The Bertz CT molecular complexity index is 1130. The van der Waals surface area contributed by atoms with Crippen LogP contribution in [0.3, 0.4) is 0 Å². The van der Waals surface area contributed by atoms with Crippen molar-refractivity contribution in [2.75, 3.05) is 32.8 Å². The van der Waals surface area contributed by atoms with Gasteiger partial charge in [0.05, 0.1) is 10.9 Å². The first-order valence-corrected chi connectivity index (χ1v) is 13.7. The van der Waals surface area contributed by atoms with E-state index in [1.54, 1.807) is 16.4 Å². The molecule has 0 spiro atoms. The lowest BCUT2D eigenvalue weighted by molar-refractivity contribution is -0.132. The lowest BCUT2D eigenvalue weighted by Gasteiger charge is -2.27. The van der Waals surface area contributed by atoms with Gasteiger partial charge in [-0.1, -0.05) is 24.6 Å². The molecule has 5 rings (SSSR count). The Balaban J connectivity index is 1.21. The Morgan fingerprint density at radius 1 is 0.882 bits per heavy atom. The predicted molar refractivity (Wildman–Crippen MR) is 128 cm³/mol. The van der Waals surface area contributed by atoms with Crippen molar-refractivity contribution in [2.24, 2.45) is 0 Å². The summed E-state index contributed by atoms with van der Waals surface area (Å²) in [4.78, 5) is 15.4. The highest BCUT2D eigenvalue weighted by molar-refractivity contribution is 7.89. The highest BCUT2D eigenvalue weighted by Gasteiger charge is 2.31. The molecule has 2 saturated heterocycles. The summed E-state index contributed by atoms with van der Waals surface area (Å²) < 4.78 is 38.6. The van der Waals surface area contributed by atoms with E-state index in [4.69, 9.17) is 9.47 Å². The standard InChI is InChI=1S/C26H32N2O5S/c29-26(28-16-4-5-23(28)21-9-12-24-25(19-21)33-18-17-32-24)13-8-20-6-10-22(11-7-20)34(30,31)27-14-2-1-3-15-27/h6-7,9-12,19,23H,1-5,8,13-18H2/t23-/m1/s1. The van der Waals surface area contributed by atoms with Crippen LogP contribution in [-0.2, 0) is 21.2 Å². The molecule has 0 unspecified atom stereocenters. The Morgan fingerprint density at radius 2 is 1.62 bits per heavy atom. The summed E-state index contributed by atoms with van der Waals surface area (Å²) >= 11 is 0. The Kier molecular flexibility index (Phi) is 6.79. The first-order valence-electron chi connectivity index (χ1n) is 12.3. The van der Waals surface area contributed by atoms with Gasteiger partial charge in [0.15, 0.2) is 11.5 Å². The number of sulfonamides is 1. The highest BCUT2D eigenvalue weighted by atomic mass is 32.2. The molecule has 3 aliphatic rings. The number of aryl methyl sites for hydroxylation is 1. The third-order valence-electron chi connectivity index (χ3n) is 7.03. The molecule has 3 aliphatic heterocycles. The molecule has 3 heterocycles. The number of ether oxygens (including phenoxy) is 2. The average molecular weight is 485 g/mol. The highest BCUT2D eigenvalue weighted by Crippen LogP contribution is 2.38. The predicted octanol–water partition coefficient (Wildman–Crippen LogP) is 3.93. The molecule has 8 heteroatoms. The maximum Gasteiger partial charge on any atom is 0.243 e. The number of hydrogen-bond acceptors (Lipinski definition) is 5. The quantitative estimate of drug-likeness (QED) is 0.621. The number of piperidine rings is 1. The van der Waals surface area contributed by atoms with Gasteiger partial charge in [0, 0.05) is 26.1 Å². The van der Waals surface area contributed by atoms with E-state index < -0.39 is 10.0 Å². The number of amides is 1. The third kappa shape index (κ3) is 4.79. The third-order valence-corrected chi connectivity index (χ3v) is 8.94. The maximum absolute atomic E-state index is 13.1. The first-order chi connectivity index (χ1) is 16.5. The minimum absolute atomic E-state index is 0.0559. The number of likely N-dealkylation sites (tertiary alicyclic amines) is 1. The summed E-state index contributed by atoms with van der Waals surface area (Å²) in [6, 6.07) is 13.1. The molecule has 34 heavy (non-hydrogen) atoms. The lowest BCUT2D eigenvalue weighted by Crippen LogP contribution is -2.35. The number of hydrogen-bond donors (Lipinski definition) is 0. The van der Waals surface area contributed by atoms with Gasteiger partial charge in [-0.2, -0.15) is 4.31 Å². The minimum Gasteiger partial charge on any atom is -0.486 e. The monoisotopic (exact) mass is 484 g/mol. The molecule has 0 N–H and O–H groups in total. The average Bonchev–Trinajstić information content (AvgIpc) is 3.38. The van der Waals surface area contributed by atoms with Crippen molar-refractivity contribution in [3.8, 4) is 11.5 Å². The molecule has 1 amide bonds. The van der Waals surface area contributed by atoms with Gasteiger partial charge < -0.3 is 14.4 Å². The van der Waals surface area contributed by atoms with E-state index in [2.05, 4.69) is 0 Å². The molecule has 1 atom stereocenters. The largest absolute Gasteiger partial charge is 0.486 e. The fourth-order valence-electron chi connectivity index (χ4n) is 5.16. The van der Waals surface area contributed by atoms with Gasteiger partial charge in [-0.3, -0.25) is 4.79 Å². The molecule has 0 saturated carbocycles. The molecule has 2 fully saturated rings. The van der Waals surface area contributed by atoms with Crippen molar-refractivity contribution >= 4 is 15.9 Å². The van der Waals surface area contributed by atoms with Gasteiger partial charge >= 0.3 is 0 Å². The molecule has 0 aliphatic carbocycles. The first kappa shape index (κ1) is 23.2. The van der Waals surface area contributed by atoms with Crippen LogP contribution in [0.15, 0.2) is 47.4 Å². The molecule has 0 bridgehead atoms. The molecule has 182 valence electrons. The zero-order chi connectivity index (χ0) is 23.5. The van der Waals surface area contributed by atoms with Crippen molar-refractivity contribution < 1.29 is 22.7 Å². The number of carbonyl (C=O) groups is 1. The zero-order valence-electron chi connectivity index (χ0n) is 19.4.